The van der Waals surface area contributed by atoms with E-state index >= 15 is 0 Å². The third-order valence-electron chi connectivity index (χ3n) is 5.66. The van der Waals surface area contributed by atoms with Crippen LogP contribution in [-0.2, 0) is 4.79 Å². The summed E-state index contributed by atoms with van der Waals surface area (Å²) in [4.78, 5) is 26.6. The van der Waals surface area contributed by atoms with Crippen molar-refractivity contribution in [2.24, 2.45) is 0 Å². The fourth-order valence-electron chi connectivity index (χ4n) is 3.73. The van der Waals surface area contributed by atoms with Crippen LogP contribution in [0.4, 0.5) is 0 Å². The summed E-state index contributed by atoms with van der Waals surface area (Å²) in [5.74, 6) is 0.257. The Kier molecular flexibility index (Phi) is 8.88. The van der Waals surface area contributed by atoms with Crippen molar-refractivity contribution in [3.05, 3.63) is 82.6 Å². The van der Waals surface area contributed by atoms with E-state index in [1.807, 2.05) is 47.8 Å². The van der Waals surface area contributed by atoms with Gasteiger partial charge in [-0.05, 0) is 58.6 Å². The van der Waals surface area contributed by atoms with Crippen molar-refractivity contribution in [2.45, 2.75) is 45.4 Å². The molecule has 0 atom stereocenters. The summed E-state index contributed by atoms with van der Waals surface area (Å²) in [6.07, 6.45) is 7.73. The lowest BCUT2D eigenvalue weighted by Gasteiger charge is -2.10. The van der Waals surface area contributed by atoms with E-state index in [2.05, 4.69) is 22.4 Å². The van der Waals surface area contributed by atoms with Crippen molar-refractivity contribution in [1.82, 2.24) is 20.2 Å². The number of hydrogen-bond acceptors (Lipinski definition) is 7. The van der Waals surface area contributed by atoms with Crippen LogP contribution in [0.2, 0.25) is 0 Å². The number of Topliss-reactive ketones (excluding diaryl/α,β-unsaturated/α-hetero) is 1. The first kappa shape index (κ1) is 25.2. The van der Waals surface area contributed by atoms with Crippen LogP contribution in [0.25, 0.3) is 23.2 Å². The maximum absolute atomic E-state index is 13.3. The van der Waals surface area contributed by atoms with Crippen molar-refractivity contribution in [2.75, 3.05) is 0 Å². The highest BCUT2D eigenvalue weighted by Crippen LogP contribution is 2.24. The highest BCUT2D eigenvalue weighted by Gasteiger charge is 2.21. The highest BCUT2D eigenvalue weighted by molar-refractivity contribution is 7.10. The standard InChI is InChI=1S/C28H28N4O3S/c1-2-3-4-5-9-14-26(33)21-15-17-23(18-16-21)35-28(34)25(20-24-13-10-19-36-24)32-27(29-30-31-32)22-11-7-6-8-12-22/h6-8,10-13,15-20H,2-5,9,14H2,1H3. The molecule has 8 heteroatoms. The Bertz CT molecular complexity index is 1300. The molecule has 0 aliphatic carbocycles. The third kappa shape index (κ3) is 6.60. The predicted octanol–water partition coefficient (Wildman–Crippen LogP) is 6.55. The summed E-state index contributed by atoms with van der Waals surface area (Å²) < 4.78 is 7.05. The van der Waals surface area contributed by atoms with Gasteiger partial charge in [0, 0.05) is 22.4 Å². The first-order chi connectivity index (χ1) is 17.7. The van der Waals surface area contributed by atoms with Gasteiger partial charge >= 0.3 is 5.97 Å². The SMILES string of the molecule is CCCCCCCC(=O)c1ccc(OC(=O)C(=Cc2cccs2)n2nnnc2-c2ccccc2)cc1. The Hall–Kier alpha value is -3.91. The minimum absolute atomic E-state index is 0.101. The summed E-state index contributed by atoms with van der Waals surface area (Å²) in [6.45, 7) is 2.17. The maximum Gasteiger partial charge on any atom is 0.362 e. The molecule has 0 aliphatic rings. The van der Waals surface area contributed by atoms with Gasteiger partial charge in [0.1, 0.15) is 5.75 Å². The number of nitrogens with zero attached hydrogens (tertiary/aromatic N) is 4. The predicted molar refractivity (Wildman–Crippen MR) is 142 cm³/mol. The maximum atomic E-state index is 13.3. The van der Waals surface area contributed by atoms with Crippen molar-refractivity contribution < 1.29 is 14.3 Å². The number of ether oxygens (including phenoxy) is 1. The smallest absolute Gasteiger partial charge is 0.362 e. The molecule has 36 heavy (non-hydrogen) atoms. The van der Waals surface area contributed by atoms with E-state index in [9.17, 15) is 9.59 Å². The Labute approximate surface area is 214 Å². The summed E-state index contributed by atoms with van der Waals surface area (Å²) in [7, 11) is 0. The fraction of sp³-hybridized carbons (Fsp3) is 0.250. The van der Waals surface area contributed by atoms with E-state index in [1.165, 1.54) is 28.9 Å². The highest BCUT2D eigenvalue weighted by atomic mass is 32.1. The molecule has 4 aromatic rings. The van der Waals surface area contributed by atoms with Crippen LogP contribution < -0.4 is 4.74 Å². The average molecular weight is 501 g/mol. The number of carbonyl (C=O) groups excluding carboxylic acids is 2. The zero-order chi connectivity index (χ0) is 25.2. The number of hydrogen-bond donors (Lipinski definition) is 0. The van der Waals surface area contributed by atoms with Gasteiger partial charge in [-0.1, -0.05) is 69.0 Å². The zero-order valence-electron chi connectivity index (χ0n) is 20.2. The van der Waals surface area contributed by atoms with Crippen LogP contribution in [0.15, 0.2) is 72.1 Å². The van der Waals surface area contributed by atoms with Crippen LogP contribution in [0.3, 0.4) is 0 Å². The summed E-state index contributed by atoms with van der Waals surface area (Å²) in [5, 5.41) is 13.9. The number of aromatic nitrogens is 4. The van der Waals surface area contributed by atoms with Crippen LogP contribution in [0.5, 0.6) is 5.75 Å². The zero-order valence-corrected chi connectivity index (χ0v) is 21.0. The van der Waals surface area contributed by atoms with E-state index in [-0.39, 0.29) is 11.5 Å². The van der Waals surface area contributed by atoms with E-state index in [0.717, 1.165) is 29.7 Å². The van der Waals surface area contributed by atoms with Gasteiger partial charge in [-0.3, -0.25) is 4.79 Å². The van der Waals surface area contributed by atoms with Gasteiger partial charge in [0.2, 0.25) is 0 Å². The number of thiophene rings is 1. The molecule has 0 amide bonds. The van der Waals surface area contributed by atoms with Crippen molar-refractivity contribution in [3.8, 4) is 17.1 Å². The molecule has 0 saturated heterocycles. The number of ketones is 1. The van der Waals surface area contributed by atoms with E-state index < -0.39 is 5.97 Å². The van der Waals surface area contributed by atoms with Gasteiger partial charge in [0.25, 0.3) is 0 Å². The van der Waals surface area contributed by atoms with E-state index in [1.54, 1.807) is 30.3 Å². The quantitative estimate of drug-likeness (QED) is 0.0721. The molecule has 2 aromatic carbocycles. The molecule has 0 unspecified atom stereocenters. The van der Waals surface area contributed by atoms with Crippen LogP contribution in [0.1, 0.15) is 60.7 Å². The number of carbonyl (C=O) groups is 2. The molecule has 2 aromatic heterocycles. The Morgan fingerprint density at radius 1 is 0.944 bits per heavy atom. The molecule has 0 aliphatic heterocycles. The number of tetrazole rings is 1. The topological polar surface area (TPSA) is 87.0 Å². The molecule has 0 bridgehead atoms. The van der Waals surface area contributed by atoms with Crippen molar-refractivity contribution in [1.29, 1.82) is 0 Å². The summed E-state index contributed by atoms with van der Waals surface area (Å²) in [6, 6.07) is 19.9. The number of unbranched alkanes of at least 4 members (excludes halogenated alkanes) is 4. The van der Waals surface area contributed by atoms with Crippen molar-refractivity contribution in [3.63, 3.8) is 0 Å². The van der Waals surface area contributed by atoms with E-state index in [4.69, 9.17) is 4.74 Å². The molecular weight excluding hydrogens is 472 g/mol. The van der Waals surface area contributed by atoms with Gasteiger partial charge in [-0.2, -0.15) is 4.68 Å². The van der Waals surface area contributed by atoms with Gasteiger partial charge < -0.3 is 4.74 Å². The molecule has 0 N–H and O–H groups in total. The molecule has 0 fully saturated rings. The van der Waals surface area contributed by atoms with E-state index in [0.29, 0.717) is 23.6 Å². The molecule has 2 heterocycles. The summed E-state index contributed by atoms with van der Waals surface area (Å²) in [5.41, 5.74) is 1.56. The normalized spacial score (nSPS) is 11.4. The average Bonchev–Trinajstić information content (AvgIpc) is 3.60. The lowest BCUT2D eigenvalue weighted by Crippen LogP contribution is -2.17. The molecule has 184 valence electrons. The lowest BCUT2D eigenvalue weighted by atomic mass is 10.0. The first-order valence-electron chi connectivity index (χ1n) is 12.1. The second-order valence-corrected chi connectivity index (χ2v) is 9.31. The molecule has 0 radical (unpaired) electrons. The second kappa shape index (κ2) is 12.7. The van der Waals surface area contributed by atoms with Gasteiger partial charge in [0.15, 0.2) is 17.3 Å². The van der Waals surface area contributed by atoms with Crippen LogP contribution in [0, 0.1) is 0 Å². The molecule has 0 spiro atoms. The number of esters is 1. The fourth-order valence-corrected chi connectivity index (χ4v) is 4.38. The second-order valence-electron chi connectivity index (χ2n) is 8.33. The van der Waals surface area contributed by atoms with Crippen LogP contribution >= 0.6 is 11.3 Å². The molecule has 4 rings (SSSR count). The molecular formula is C28H28N4O3S. The molecule has 0 saturated carbocycles. The number of rotatable bonds is 12. The lowest BCUT2D eigenvalue weighted by molar-refractivity contribution is -0.128. The largest absolute Gasteiger partial charge is 0.422 e. The minimum atomic E-state index is -0.608. The Morgan fingerprint density at radius 3 is 2.44 bits per heavy atom. The monoisotopic (exact) mass is 500 g/mol. The van der Waals surface area contributed by atoms with Gasteiger partial charge in [-0.15, -0.1) is 16.4 Å². The minimum Gasteiger partial charge on any atom is -0.422 e. The molecule has 7 nitrogen and oxygen atoms in total. The number of benzene rings is 2. The Morgan fingerprint density at radius 2 is 1.72 bits per heavy atom. The first-order valence-corrected chi connectivity index (χ1v) is 13.0. The Balaban J connectivity index is 1.50. The van der Waals surface area contributed by atoms with Gasteiger partial charge in [-0.25, -0.2) is 4.79 Å². The van der Waals surface area contributed by atoms with Crippen LogP contribution in [-0.4, -0.2) is 32.0 Å². The third-order valence-corrected chi connectivity index (χ3v) is 6.47. The van der Waals surface area contributed by atoms with Crippen molar-refractivity contribution >= 4 is 34.9 Å². The van der Waals surface area contributed by atoms with Gasteiger partial charge in [0.05, 0.1) is 0 Å². The summed E-state index contributed by atoms with van der Waals surface area (Å²) >= 11 is 1.49.